The minimum absolute atomic E-state index is 0.146. The maximum atomic E-state index is 15.2. The number of thiol groups is 1. The molecule has 2 aliphatic rings. The van der Waals surface area contributed by atoms with Gasteiger partial charge in [0.2, 0.25) is 5.91 Å². The normalized spacial score (nSPS) is 22.4. The van der Waals surface area contributed by atoms with Crippen molar-refractivity contribution < 1.29 is 18.3 Å². The third-order valence-corrected chi connectivity index (χ3v) is 10.2. The molecule has 0 N–H and O–H groups in total. The van der Waals surface area contributed by atoms with Crippen LogP contribution in [0.2, 0.25) is 10.0 Å². The molecule has 38 heavy (non-hydrogen) atoms. The highest BCUT2D eigenvalue weighted by atomic mass is 35.5. The Kier molecular flexibility index (Phi) is 7.43. The van der Waals surface area contributed by atoms with Gasteiger partial charge in [-0.2, -0.15) is 15.9 Å². The number of piperazine rings is 1. The topological polar surface area (TPSA) is 67.7 Å². The van der Waals surface area contributed by atoms with E-state index in [9.17, 15) is 14.0 Å². The molecule has 7 nitrogen and oxygen atoms in total. The molecule has 0 radical (unpaired) electrons. The first kappa shape index (κ1) is 26.9. The van der Waals surface area contributed by atoms with Gasteiger partial charge in [0.25, 0.3) is 0 Å². The first-order valence-electron chi connectivity index (χ1n) is 12.0. The molecular formula is C26H26Cl2F2N4O3S. The molecule has 0 spiro atoms. The molecule has 2 aromatic carbocycles. The average molecular weight is 583 g/mol. The molecular weight excluding hydrogens is 557 g/mol. The molecule has 1 fully saturated rings. The summed E-state index contributed by atoms with van der Waals surface area (Å²) in [4.78, 5) is 34.7. The Labute approximate surface area is 230 Å². The lowest BCUT2D eigenvalue weighted by molar-refractivity contribution is -0.126. The second-order valence-electron chi connectivity index (χ2n) is 9.37. The number of hydrogen-bond donors (Lipinski definition) is 1. The molecule has 2 aliphatic heterocycles. The van der Waals surface area contributed by atoms with Gasteiger partial charge in [-0.25, -0.2) is 13.6 Å². The van der Waals surface area contributed by atoms with E-state index in [0.717, 1.165) is 6.07 Å². The fourth-order valence-corrected chi connectivity index (χ4v) is 8.46. The van der Waals surface area contributed by atoms with Crippen LogP contribution >= 0.6 is 34.1 Å². The Morgan fingerprint density at radius 3 is 2.61 bits per heavy atom. The largest absolute Gasteiger partial charge is 0.379 e. The van der Waals surface area contributed by atoms with E-state index >= 15 is 4.39 Å². The molecule has 1 saturated heterocycles. The quantitative estimate of drug-likeness (QED) is 0.275. The number of rotatable bonds is 4. The van der Waals surface area contributed by atoms with E-state index in [2.05, 4.69) is 11.6 Å². The number of carbonyl (C=O) groups is 1. The van der Waals surface area contributed by atoms with E-state index in [0.29, 0.717) is 52.0 Å². The Bertz CT molecular complexity index is 1520. The number of nitrogens with zero attached hydrogens (tertiary/aromatic N) is 4. The summed E-state index contributed by atoms with van der Waals surface area (Å²) in [6.07, 6.45) is 0.852. The third kappa shape index (κ3) is 4.68. The van der Waals surface area contributed by atoms with Crippen molar-refractivity contribution in [3.05, 3.63) is 69.1 Å². The minimum atomic E-state index is -1.49. The second kappa shape index (κ2) is 10.5. The monoisotopic (exact) mass is 582 g/mol. The number of ether oxygens (including phenoxy) is 1. The van der Waals surface area contributed by atoms with E-state index in [-0.39, 0.29) is 28.4 Å². The SMILES string of the molecule is C=CC(=O)N1CCN(c2nc(=O)n3c4c(cc(Cl)cc24)[SH](c2cc(Cl)c(F)cc2F)C[C@H](OC)C3)[C@@H](C)C1. The molecule has 1 aromatic heterocycles. The zero-order chi connectivity index (χ0) is 27.3. The van der Waals surface area contributed by atoms with Gasteiger partial charge in [-0.05, 0) is 31.2 Å². The maximum Gasteiger partial charge on any atom is 0.350 e. The van der Waals surface area contributed by atoms with Crippen molar-refractivity contribution in [2.24, 2.45) is 0 Å². The van der Waals surface area contributed by atoms with Crippen molar-refractivity contribution in [3.63, 3.8) is 0 Å². The van der Waals surface area contributed by atoms with Crippen molar-refractivity contribution in [3.8, 4) is 0 Å². The van der Waals surface area contributed by atoms with Crippen molar-refractivity contribution in [2.45, 2.75) is 35.4 Å². The Balaban J connectivity index is 1.73. The van der Waals surface area contributed by atoms with Gasteiger partial charge in [0.1, 0.15) is 17.5 Å². The molecule has 5 rings (SSSR count). The van der Waals surface area contributed by atoms with Crippen LogP contribution in [-0.2, 0) is 16.1 Å². The smallest absolute Gasteiger partial charge is 0.350 e. The van der Waals surface area contributed by atoms with Crippen LogP contribution in [0, 0.1) is 11.6 Å². The minimum Gasteiger partial charge on any atom is -0.379 e. The molecule has 3 aromatic rings. The van der Waals surface area contributed by atoms with Crippen LogP contribution in [0.15, 0.2) is 51.5 Å². The van der Waals surface area contributed by atoms with E-state index in [1.807, 2.05) is 11.8 Å². The van der Waals surface area contributed by atoms with E-state index in [4.69, 9.17) is 27.9 Å². The summed E-state index contributed by atoms with van der Waals surface area (Å²) in [5.41, 5.74) is 0.121. The van der Waals surface area contributed by atoms with Gasteiger partial charge in [-0.1, -0.05) is 29.8 Å². The lowest BCUT2D eigenvalue weighted by Crippen LogP contribution is -2.54. The summed E-state index contributed by atoms with van der Waals surface area (Å²) in [6, 6.07) is 5.43. The van der Waals surface area contributed by atoms with Gasteiger partial charge in [-0.3, -0.25) is 9.36 Å². The van der Waals surface area contributed by atoms with Crippen LogP contribution in [0.5, 0.6) is 0 Å². The standard InChI is InChI=1S/C26H26Cl2F2N4O3S/c1-4-23(35)32-5-6-33(14(2)11-32)25-17-7-15(27)8-22-24(17)34(26(36)31-25)12-16(37-3)13-38(22)21-9-18(28)19(29)10-20(21)30/h4,7-10,14,16,38H,1,5-6,11-13H2,2-3H3/t14-,16+/m0/s1. The number of hydrogen-bond acceptors (Lipinski definition) is 5. The summed E-state index contributed by atoms with van der Waals surface area (Å²) in [7, 11) is 0.0462. The van der Waals surface area contributed by atoms with Gasteiger partial charge >= 0.3 is 5.69 Å². The van der Waals surface area contributed by atoms with Crippen LogP contribution in [0.3, 0.4) is 0 Å². The lowest BCUT2D eigenvalue weighted by atomic mass is 10.1. The number of methoxy groups -OCH3 is 1. The molecule has 3 atom stereocenters. The number of aromatic nitrogens is 2. The van der Waals surface area contributed by atoms with Crippen molar-refractivity contribution in [1.82, 2.24) is 14.5 Å². The molecule has 3 heterocycles. The molecule has 0 bridgehead atoms. The predicted octanol–water partition coefficient (Wildman–Crippen LogP) is 4.65. The number of carbonyl (C=O) groups excluding carboxylic acids is 1. The highest BCUT2D eigenvalue weighted by Gasteiger charge is 2.33. The first-order valence-corrected chi connectivity index (χ1v) is 14.3. The van der Waals surface area contributed by atoms with Crippen LogP contribution in [0.4, 0.5) is 14.6 Å². The van der Waals surface area contributed by atoms with Gasteiger partial charge in [0, 0.05) is 64.8 Å². The summed E-state index contributed by atoms with van der Waals surface area (Å²) in [5, 5.41) is 0.847. The molecule has 0 saturated carbocycles. The summed E-state index contributed by atoms with van der Waals surface area (Å²) in [6.45, 7) is 7.05. The van der Waals surface area contributed by atoms with Gasteiger partial charge in [0.05, 0.1) is 23.2 Å². The van der Waals surface area contributed by atoms with Crippen molar-refractivity contribution >= 4 is 56.7 Å². The number of anilines is 1. The Morgan fingerprint density at radius 1 is 1.16 bits per heavy atom. The Hall–Kier alpha value is -2.66. The second-order valence-corrected chi connectivity index (χ2v) is 12.4. The van der Waals surface area contributed by atoms with Crippen LogP contribution < -0.4 is 10.6 Å². The molecule has 12 heteroatoms. The first-order chi connectivity index (χ1) is 18.1. The summed E-state index contributed by atoms with van der Waals surface area (Å²) >= 11 is 12.7. The summed E-state index contributed by atoms with van der Waals surface area (Å²) < 4.78 is 36.4. The zero-order valence-corrected chi connectivity index (χ0v) is 23.2. The van der Waals surface area contributed by atoms with Crippen LogP contribution in [0.25, 0.3) is 10.9 Å². The number of benzene rings is 2. The highest BCUT2D eigenvalue weighted by Crippen LogP contribution is 2.52. The van der Waals surface area contributed by atoms with Crippen molar-refractivity contribution in [2.75, 3.05) is 37.4 Å². The van der Waals surface area contributed by atoms with Crippen LogP contribution in [-0.4, -0.2) is 65.0 Å². The van der Waals surface area contributed by atoms with E-state index in [1.165, 1.54) is 19.3 Å². The van der Waals surface area contributed by atoms with Crippen molar-refractivity contribution in [1.29, 1.82) is 0 Å². The molecule has 0 aliphatic carbocycles. The van der Waals surface area contributed by atoms with Gasteiger partial charge in [-0.15, -0.1) is 0 Å². The Morgan fingerprint density at radius 2 is 1.92 bits per heavy atom. The third-order valence-electron chi connectivity index (χ3n) is 7.06. The average Bonchev–Trinajstić information content (AvgIpc) is 3.05. The fraction of sp³-hybridized carbons (Fsp3) is 0.346. The molecule has 202 valence electrons. The predicted molar refractivity (Wildman–Crippen MR) is 147 cm³/mol. The molecule has 1 unspecified atom stereocenters. The lowest BCUT2D eigenvalue weighted by Gasteiger charge is -2.40. The van der Waals surface area contributed by atoms with E-state index in [1.54, 1.807) is 21.6 Å². The van der Waals surface area contributed by atoms with Crippen LogP contribution in [0.1, 0.15) is 6.92 Å². The highest BCUT2D eigenvalue weighted by molar-refractivity contribution is 8.17. The zero-order valence-electron chi connectivity index (χ0n) is 20.8. The number of halogens is 4. The summed E-state index contributed by atoms with van der Waals surface area (Å²) in [5.74, 6) is -0.898. The van der Waals surface area contributed by atoms with E-state index < -0.39 is 34.3 Å². The van der Waals surface area contributed by atoms with Gasteiger partial charge in [0.15, 0.2) is 0 Å². The molecule has 1 amide bonds. The van der Waals surface area contributed by atoms with Gasteiger partial charge < -0.3 is 14.5 Å². The fourth-order valence-electron chi connectivity index (χ4n) is 5.20. The maximum absolute atomic E-state index is 15.2. The number of amides is 1.